The Morgan fingerprint density at radius 1 is 0.974 bits per heavy atom. The summed E-state index contributed by atoms with van der Waals surface area (Å²) in [6.45, 7) is 9.69. The zero-order chi connectivity index (χ0) is 28.2. The van der Waals surface area contributed by atoms with Crippen LogP contribution >= 0.6 is 0 Å². The lowest BCUT2D eigenvalue weighted by atomic mass is 10.0. The van der Waals surface area contributed by atoms with Crippen LogP contribution in [-0.2, 0) is 10.0 Å². The van der Waals surface area contributed by atoms with Crippen molar-refractivity contribution in [1.29, 1.82) is 0 Å². The van der Waals surface area contributed by atoms with E-state index >= 15 is 4.39 Å². The van der Waals surface area contributed by atoms with Crippen LogP contribution in [0.4, 0.5) is 18.9 Å². The first-order chi connectivity index (χ1) is 18.0. The van der Waals surface area contributed by atoms with Crippen molar-refractivity contribution < 1.29 is 26.3 Å². The third kappa shape index (κ3) is 5.75. The molecule has 4 rings (SSSR count). The highest BCUT2D eigenvalue weighted by atomic mass is 32.2. The highest BCUT2D eigenvalue weighted by Crippen LogP contribution is 2.33. The molecule has 0 atom stereocenters. The quantitative estimate of drug-likeness (QED) is 0.373. The van der Waals surface area contributed by atoms with Crippen molar-refractivity contribution in [3.8, 4) is 17.0 Å². The number of sulfonamides is 1. The number of ether oxygens (including phenoxy) is 1. The number of pyridine rings is 2. The minimum atomic E-state index is -4.53. The molecule has 3 aromatic rings. The summed E-state index contributed by atoms with van der Waals surface area (Å²) in [4.78, 5) is 7.25. The van der Waals surface area contributed by atoms with Crippen LogP contribution in [-0.4, -0.2) is 25.5 Å². The van der Waals surface area contributed by atoms with Gasteiger partial charge in [-0.1, -0.05) is 19.9 Å². The van der Waals surface area contributed by atoms with Crippen molar-refractivity contribution in [2.45, 2.75) is 39.5 Å². The van der Waals surface area contributed by atoms with Gasteiger partial charge in [0.2, 0.25) is 5.88 Å². The fourth-order valence-electron chi connectivity index (χ4n) is 3.52. The fourth-order valence-corrected chi connectivity index (χ4v) is 4.71. The third-order valence-electron chi connectivity index (χ3n) is 5.60. The van der Waals surface area contributed by atoms with Crippen LogP contribution in [0.5, 0.6) is 5.88 Å². The highest BCUT2D eigenvalue weighted by molar-refractivity contribution is 7.92. The molecule has 8 nitrogen and oxygen atoms in total. The molecule has 1 aromatic carbocycles. The van der Waals surface area contributed by atoms with Crippen molar-refractivity contribution in [3.05, 3.63) is 83.1 Å². The smallest absolute Gasteiger partial charge is 0.267 e. The molecule has 202 valence electrons. The Balaban J connectivity index is 0.00000195. The zero-order valence-corrected chi connectivity index (χ0v) is 22.5. The molecule has 0 amide bonds. The van der Waals surface area contributed by atoms with Gasteiger partial charge in [-0.05, 0) is 39.0 Å². The molecular formula is C26H28F3N5O3S. The fraction of sp³-hybridized carbons (Fsp3) is 0.231. The minimum absolute atomic E-state index is 0.0930. The first kappa shape index (κ1) is 28.5. The number of methoxy groups -OCH3 is 1. The van der Waals surface area contributed by atoms with E-state index in [4.69, 9.17) is 4.74 Å². The van der Waals surface area contributed by atoms with E-state index in [1.807, 2.05) is 39.3 Å². The summed E-state index contributed by atoms with van der Waals surface area (Å²) in [6, 6.07) is 5.61. The number of halogens is 3. The van der Waals surface area contributed by atoms with Crippen molar-refractivity contribution in [2.75, 3.05) is 11.8 Å². The predicted octanol–water partition coefficient (Wildman–Crippen LogP) is 5.53. The lowest BCUT2D eigenvalue weighted by Gasteiger charge is -2.14. The summed E-state index contributed by atoms with van der Waals surface area (Å²) in [7, 11) is -3.37. The molecule has 0 spiro atoms. The molecule has 3 heterocycles. The van der Waals surface area contributed by atoms with E-state index in [1.54, 1.807) is 6.07 Å². The number of benzene rings is 1. The standard InChI is InChI=1S/C24H22F3N5O3S.C2H6/c1-12(23-30-13(2)14(3)31-23)18-7-5-15(10-28-18)21-17(26)6-8-19(22(21)27)32-36(33,34)20-9-16(25)11-29-24(20)35-4;1-2/h5-11,30-32H,1-4H3;1-2H3. The van der Waals surface area contributed by atoms with Crippen molar-refractivity contribution in [2.24, 2.45) is 0 Å². The topological polar surface area (TPSA) is 105 Å². The van der Waals surface area contributed by atoms with Crippen molar-refractivity contribution in [3.63, 3.8) is 0 Å². The van der Waals surface area contributed by atoms with Gasteiger partial charge in [0.1, 0.15) is 17.5 Å². The highest BCUT2D eigenvalue weighted by Gasteiger charge is 2.25. The number of rotatable bonds is 6. The molecule has 38 heavy (non-hydrogen) atoms. The summed E-state index contributed by atoms with van der Waals surface area (Å²) < 4.78 is 76.2. The first-order valence-electron chi connectivity index (χ1n) is 11.6. The van der Waals surface area contributed by atoms with Crippen LogP contribution in [0.1, 0.15) is 40.3 Å². The van der Waals surface area contributed by atoms with Crippen LogP contribution in [0.15, 0.2) is 64.8 Å². The third-order valence-corrected chi connectivity index (χ3v) is 6.96. The van der Waals surface area contributed by atoms with E-state index in [0.29, 0.717) is 11.8 Å². The van der Waals surface area contributed by atoms with Crippen LogP contribution < -0.4 is 20.1 Å². The molecule has 0 aliphatic carbocycles. The Labute approximate surface area is 219 Å². The van der Waals surface area contributed by atoms with E-state index < -0.39 is 43.6 Å². The number of nitrogens with zero attached hydrogens (tertiary/aromatic N) is 2. The molecule has 0 unspecified atom stereocenters. The lowest BCUT2D eigenvalue weighted by molar-refractivity contribution is 0.382. The zero-order valence-electron chi connectivity index (χ0n) is 21.7. The van der Waals surface area contributed by atoms with Crippen LogP contribution in [0.2, 0.25) is 0 Å². The summed E-state index contributed by atoms with van der Waals surface area (Å²) in [5, 5.41) is 6.41. The van der Waals surface area contributed by atoms with Gasteiger partial charge in [0.25, 0.3) is 10.0 Å². The monoisotopic (exact) mass is 547 g/mol. The number of allylic oxidation sites excluding steroid dienone is 3. The summed E-state index contributed by atoms with van der Waals surface area (Å²) in [5.41, 5.74) is 2.37. The average Bonchev–Trinajstić information content (AvgIpc) is 3.25. The minimum Gasteiger partial charge on any atom is -0.480 e. The van der Waals surface area contributed by atoms with E-state index in [0.717, 1.165) is 48.2 Å². The maximum Gasteiger partial charge on any atom is 0.267 e. The number of aromatic nitrogens is 2. The van der Waals surface area contributed by atoms with Gasteiger partial charge in [-0.15, -0.1) is 0 Å². The first-order valence-corrected chi connectivity index (χ1v) is 13.1. The van der Waals surface area contributed by atoms with Crippen LogP contribution in [0.25, 0.3) is 16.7 Å². The Bertz CT molecular complexity index is 1510. The van der Waals surface area contributed by atoms with Gasteiger partial charge in [0.05, 0.1) is 30.3 Å². The Kier molecular flexibility index (Phi) is 8.67. The molecule has 3 N–H and O–H groups in total. The molecule has 0 radical (unpaired) electrons. The SMILES string of the molecule is CC.COc1ncc(F)cc1S(=O)(=O)Nc1ccc(F)c(-c2ccc(C(C)=C3NC(C)=C(C)N3)nc2)c1F. The second kappa shape index (κ2) is 11.5. The van der Waals surface area contributed by atoms with E-state index in [1.165, 1.54) is 12.3 Å². The summed E-state index contributed by atoms with van der Waals surface area (Å²) >= 11 is 0. The number of hydrogen-bond donors (Lipinski definition) is 3. The Morgan fingerprint density at radius 2 is 1.63 bits per heavy atom. The van der Waals surface area contributed by atoms with Crippen LogP contribution in [0.3, 0.4) is 0 Å². The number of nitrogens with one attached hydrogen (secondary N) is 3. The molecule has 0 saturated heterocycles. The van der Waals surface area contributed by atoms with Gasteiger partial charge in [0, 0.05) is 34.8 Å². The predicted molar refractivity (Wildman–Crippen MR) is 140 cm³/mol. The largest absolute Gasteiger partial charge is 0.480 e. The number of hydrogen-bond acceptors (Lipinski definition) is 7. The van der Waals surface area contributed by atoms with Crippen molar-refractivity contribution in [1.82, 2.24) is 20.6 Å². The van der Waals surface area contributed by atoms with Crippen LogP contribution in [0, 0.1) is 17.5 Å². The molecule has 2 aromatic heterocycles. The average molecular weight is 548 g/mol. The van der Waals surface area contributed by atoms with Crippen molar-refractivity contribution >= 4 is 21.3 Å². The van der Waals surface area contributed by atoms with Gasteiger partial charge in [-0.3, -0.25) is 9.71 Å². The molecule has 12 heteroatoms. The van der Waals surface area contributed by atoms with Gasteiger partial charge < -0.3 is 15.4 Å². The Morgan fingerprint density at radius 3 is 2.21 bits per heavy atom. The Hall–Kier alpha value is -4.06. The van der Waals surface area contributed by atoms with E-state index in [-0.39, 0.29) is 11.4 Å². The number of anilines is 1. The molecule has 0 fully saturated rings. The van der Waals surface area contributed by atoms with E-state index in [2.05, 4.69) is 20.6 Å². The normalized spacial score (nSPS) is 12.8. The van der Waals surface area contributed by atoms with Gasteiger partial charge >= 0.3 is 0 Å². The second-order valence-corrected chi connectivity index (χ2v) is 9.63. The van der Waals surface area contributed by atoms with E-state index in [9.17, 15) is 17.2 Å². The maximum absolute atomic E-state index is 15.4. The maximum atomic E-state index is 15.4. The summed E-state index contributed by atoms with van der Waals surface area (Å²) in [5.74, 6) is -2.65. The lowest BCUT2D eigenvalue weighted by Crippen LogP contribution is -2.16. The second-order valence-electron chi connectivity index (χ2n) is 7.98. The molecular weight excluding hydrogens is 519 g/mol. The molecule has 0 saturated carbocycles. The van der Waals surface area contributed by atoms with Gasteiger partial charge in [-0.25, -0.2) is 26.6 Å². The summed E-state index contributed by atoms with van der Waals surface area (Å²) in [6.07, 6.45) is 2.07. The molecule has 1 aliphatic rings. The molecule has 1 aliphatic heterocycles. The van der Waals surface area contributed by atoms with Gasteiger partial charge in [-0.2, -0.15) is 0 Å². The molecule has 0 bridgehead atoms. The van der Waals surface area contributed by atoms with Gasteiger partial charge in [0.15, 0.2) is 10.7 Å².